The number of hydrogen-bond donors (Lipinski definition) is 1. The van der Waals surface area contributed by atoms with Crippen LogP contribution in [-0.2, 0) is 16.1 Å². The molecule has 0 saturated carbocycles. The SMILES string of the molecule is CCOCC(=O)NCCCn1c(-c2ccc(OCC)cc2)csc1=NC(=O)c1ccc(C)nc1. The Morgan fingerprint density at radius 1 is 1.12 bits per heavy atom. The lowest BCUT2D eigenvalue weighted by Gasteiger charge is -2.11. The maximum atomic E-state index is 12.8. The first-order valence-electron chi connectivity index (χ1n) is 11.3. The van der Waals surface area contributed by atoms with Gasteiger partial charge in [0.25, 0.3) is 5.91 Å². The van der Waals surface area contributed by atoms with E-state index in [1.54, 1.807) is 18.3 Å². The van der Waals surface area contributed by atoms with Crippen molar-refractivity contribution in [1.82, 2.24) is 14.9 Å². The third-order valence-corrected chi connectivity index (χ3v) is 5.80. The zero-order chi connectivity index (χ0) is 24.3. The number of aryl methyl sites for hydroxylation is 1. The zero-order valence-electron chi connectivity index (χ0n) is 19.7. The largest absolute Gasteiger partial charge is 0.494 e. The number of ether oxygens (including phenoxy) is 2. The molecule has 0 bridgehead atoms. The molecule has 0 radical (unpaired) electrons. The molecular formula is C25H30N4O4S. The fourth-order valence-electron chi connectivity index (χ4n) is 3.21. The van der Waals surface area contributed by atoms with Gasteiger partial charge in [-0.3, -0.25) is 14.6 Å². The van der Waals surface area contributed by atoms with Crippen LogP contribution < -0.4 is 14.9 Å². The van der Waals surface area contributed by atoms with Crippen LogP contribution in [0.3, 0.4) is 0 Å². The van der Waals surface area contributed by atoms with Crippen LogP contribution in [-0.4, -0.2) is 47.7 Å². The molecule has 1 N–H and O–H groups in total. The number of carbonyl (C=O) groups excluding carboxylic acids is 2. The Morgan fingerprint density at radius 3 is 2.59 bits per heavy atom. The average molecular weight is 483 g/mol. The lowest BCUT2D eigenvalue weighted by molar-refractivity contribution is -0.125. The molecule has 0 aliphatic carbocycles. The van der Waals surface area contributed by atoms with Gasteiger partial charge in [0.2, 0.25) is 5.91 Å². The molecule has 34 heavy (non-hydrogen) atoms. The van der Waals surface area contributed by atoms with E-state index in [1.807, 2.05) is 55.0 Å². The number of benzene rings is 1. The quantitative estimate of drug-likeness (QED) is 0.422. The number of nitrogens with one attached hydrogen (secondary N) is 1. The smallest absolute Gasteiger partial charge is 0.281 e. The lowest BCUT2D eigenvalue weighted by atomic mass is 10.1. The molecule has 1 aromatic carbocycles. The lowest BCUT2D eigenvalue weighted by Crippen LogP contribution is -2.29. The van der Waals surface area contributed by atoms with Gasteiger partial charge in [0.15, 0.2) is 4.80 Å². The molecule has 8 nitrogen and oxygen atoms in total. The number of hydrogen-bond acceptors (Lipinski definition) is 6. The van der Waals surface area contributed by atoms with Crippen molar-refractivity contribution in [2.24, 2.45) is 4.99 Å². The van der Waals surface area contributed by atoms with Crippen LogP contribution in [0, 0.1) is 6.92 Å². The van der Waals surface area contributed by atoms with Crippen LogP contribution in [0.15, 0.2) is 53.0 Å². The molecule has 9 heteroatoms. The number of pyridine rings is 1. The van der Waals surface area contributed by atoms with Crippen molar-refractivity contribution in [2.75, 3.05) is 26.4 Å². The van der Waals surface area contributed by atoms with E-state index >= 15 is 0 Å². The van der Waals surface area contributed by atoms with Gasteiger partial charge in [-0.05, 0) is 69.2 Å². The number of aromatic nitrogens is 2. The minimum Gasteiger partial charge on any atom is -0.494 e. The summed E-state index contributed by atoms with van der Waals surface area (Å²) in [6.45, 7) is 7.90. The maximum absolute atomic E-state index is 12.8. The van der Waals surface area contributed by atoms with Gasteiger partial charge < -0.3 is 19.4 Å². The molecular weight excluding hydrogens is 452 g/mol. The minimum absolute atomic E-state index is 0.0548. The summed E-state index contributed by atoms with van der Waals surface area (Å²) in [5.74, 6) is 0.319. The number of nitrogens with zero attached hydrogens (tertiary/aromatic N) is 3. The van der Waals surface area contributed by atoms with E-state index in [0.717, 1.165) is 22.7 Å². The Hall–Kier alpha value is -3.30. The Morgan fingerprint density at radius 2 is 1.91 bits per heavy atom. The van der Waals surface area contributed by atoms with Crippen molar-refractivity contribution in [1.29, 1.82) is 0 Å². The van der Waals surface area contributed by atoms with Crippen molar-refractivity contribution in [3.05, 3.63) is 64.0 Å². The fourth-order valence-corrected chi connectivity index (χ4v) is 4.14. The number of thiazole rings is 1. The molecule has 2 amide bonds. The van der Waals surface area contributed by atoms with Crippen LogP contribution in [0.1, 0.15) is 36.3 Å². The average Bonchev–Trinajstić information content (AvgIpc) is 3.23. The van der Waals surface area contributed by atoms with Gasteiger partial charge in [0.1, 0.15) is 12.4 Å². The number of carbonyl (C=O) groups is 2. The first-order chi connectivity index (χ1) is 16.5. The highest BCUT2D eigenvalue weighted by Crippen LogP contribution is 2.23. The maximum Gasteiger partial charge on any atom is 0.281 e. The summed E-state index contributed by atoms with van der Waals surface area (Å²) in [4.78, 5) is 33.7. The van der Waals surface area contributed by atoms with Crippen molar-refractivity contribution in [3.63, 3.8) is 0 Å². The second-order valence-corrected chi connectivity index (χ2v) is 8.29. The van der Waals surface area contributed by atoms with Gasteiger partial charge in [-0.15, -0.1) is 11.3 Å². The van der Waals surface area contributed by atoms with Crippen LogP contribution in [0.5, 0.6) is 5.75 Å². The van der Waals surface area contributed by atoms with E-state index in [2.05, 4.69) is 15.3 Å². The fraction of sp³-hybridized carbons (Fsp3) is 0.360. The van der Waals surface area contributed by atoms with Crippen LogP contribution >= 0.6 is 11.3 Å². The third-order valence-electron chi connectivity index (χ3n) is 4.93. The van der Waals surface area contributed by atoms with E-state index < -0.39 is 0 Å². The van der Waals surface area contributed by atoms with E-state index in [1.165, 1.54) is 11.3 Å². The van der Waals surface area contributed by atoms with Crippen LogP contribution in [0.4, 0.5) is 0 Å². The van der Waals surface area contributed by atoms with Gasteiger partial charge in [-0.2, -0.15) is 4.99 Å². The predicted octanol–water partition coefficient (Wildman–Crippen LogP) is 3.60. The number of amides is 2. The third kappa shape index (κ3) is 7.10. The van der Waals surface area contributed by atoms with Gasteiger partial charge >= 0.3 is 0 Å². The summed E-state index contributed by atoms with van der Waals surface area (Å²) < 4.78 is 12.7. The van der Waals surface area contributed by atoms with Crippen molar-refractivity contribution in [2.45, 2.75) is 33.7 Å². The molecule has 0 fully saturated rings. The van der Waals surface area contributed by atoms with E-state index in [9.17, 15) is 9.59 Å². The summed E-state index contributed by atoms with van der Waals surface area (Å²) in [6.07, 6.45) is 2.21. The summed E-state index contributed by atoms with van der Waals surface area (Å²) in [5.41, 5.74) is 3.22. The van der Waals surface area contributed by atoms with Crippen molar-refractivity contribution < 1.29 is 19.1 Å². The monoisotopic (exact) mass is 482 g/mol. The standard InChI is InChI=1S/C25H30N4O4S/c1-4-32-16-23(30)26-13-6-14-29-22(19-9-11-21(12-10-19)33-5-2)17-34-25(29)28-24(31)20-8-7-18(3)27-15-20/h7-12,15,17H,4-6,13-14,16H2,1-3H3,(H,26,30). The minimum atomic E-state index is -0.341. The zero-order valence-corrected chi connectivity index (χ0v) is 20.6. The topological polar surface area (TPSA) is 94.8 Å². The van der Waals surface area contributed by atoms with E-state index in [-0.39, 0.29) is 18.4 Å². The highest BCUT2D eigenvalue weighted by molar-refractivity contribution is 7.07. The summed E-state index contributed by atoms with van der Waals surface area (Å²) in [6, 6.07) is 11.4. The first kappa shape index (κ1) is 25.3. The normalized spacial score (nSPS) is 11.4. The molecule has 0 spiro atoms. The number of rotatable bonds is 11. The van der Waals surface area contributed by atoms with Gasteiger partial charge in [0, 0.05) is 37.0 Å². The van der Waals surface area contributed by atoms with E-state index in [0.29, 0.717) is 43.1 Å². The Balaban J connectivity index is 1.84. The highest BCUT2D eigenvalue weighted by atomic mass is 32.1. The molecule has 180 valence electrons. The van der Waals surface area contributed by atoms with Gasteiger partial charge in [-0.1, -0.05) is 0 Å². The molecule has 0 aliphatic rings. The molecule has 2 heterocycles. The van der Waals surface area contributed by atoms with E-state index in [4.69, 9.17) is 9.47 Å². The summed E-state index contributed by atoms with van der Waals surface area (Å²) in [5, 5.41) is 4.84. The Bertz CT molecular complexity index is 1150. The molecule has 0 atom stereocenters. The van der Waals surface area contributed by atoms with Crippen molar-refractivity contribution >= 4 is 23.2 Å². The van der Waals surface area contributed by atoms with Gasteiger partial charge in [0.05, 0.1) is 17.9 Å². The summed E-state index contributed by atoms with van der Waals surface area (Å²) >= 11 is 1.40. The molecule has 3 aromatic rings. The summed E-state index contributed by atoms with van der Waals surface area (Å²) in [7, 11) is 0. The molecule has 0 unspecified atom stereocenters. The Kier molecular flexibility index (Phi) is 9.54. The first-order valence-corrected chi connectivity index (χ1v) is 12.2. The highest BCUT2D eigenvalue weighted by Gasteiger charge is 2.11. The molecule has 0 saturated heterocycles. The second kappa shape index (κ2) is 12.8. The predicted molar refractivity (Wildman–Crippen MR) is 132 cm³/mol. The van der Waals surface area contributed by atoms with Crippen LogP contribution in [0.2, 0.25) is 0 Å². The second-order valence-electron chi connectivity index (χ2n) is 7.46. The molecule has 0 aliphatic heterocycles. The molecule has 3 rings (SSSR count). The molecule has 2 aromatic heterocycles. The van der Waals surface area contributed by atoms with Crippen LogP contribution in [0.25, 0.3) is 11.3 Å². The van der Waals surface area contributed by atoms with Crippen molar-refractivity contribution in [3.8, 4) is 17.0 Å². The van der Waals surface area contributed by atoms with Gasteiger partial charge in [-0.25, -0.2) is 0 Å². The Labute approximate surface area is 203 Å².